The molecule has 1 atom stereocenters. The molecule has 0 spiro atoms. The van der Waals surface area contributed by atoms with Gasteiger partial charge in [0.15, 0.2) is 0 Å². The van der Waals surface area contributed by atoms with Crippen molar-refractivity contribution in [3.8, 4) is 0 Å². The van der Waals surface area contributed by atoms with E-state index in [1.54, 1.807) is 6.92 Å². The number of esters is 1. The van der Waals surface area contributed by atoms with Crippen LogP contribution >= 0.6 is 0 Å². The molecule has 15 heavy (non-hydrogen) atoms. The quantitative estimate of drug-likeness (QED) is 0.702. The Morgan fingerprint density at radius 3 is 2.80 bits per heavy atom. The van der Waals surface area contributed by atoms with Gasteiger partial charge in [0.1, 0.15) is 6.56 Å². The molecule has 2 nitrogen and oxygen atoms in total. The number of benzene rings is 1. The molecule has 1 rings (SSSR count). The zero-order valence-corrected chi connectivity index (χ0v) is 8.81. The van der Waals surface area contributed by atoms with Crippen LogP contribution in [-0.4, -0.2) is 5.97 Å². The summed E-state index contributed by atoms with van der Waals surface area (Å²) >= 11 is 0. The molecule has 0 bridgehead atoms. The van der Waals surface area contributed by atoms with E-state index in [-0.39, 0.29) is 12.3 Å². The molecule has 0 saturated heterocycles. The van der Waals surface area contributed by atoms with Crippen LogP contribution in [0, 0.1) is 5.92 Å². The number of carbonyl (C=O) groups excluding carboxylic acids is 1. The molecule has 0 aromatic heterocycles. The molecule has 0 aliphatic heterocycles. The van der Waals surface area contributed by atoms with Crippen LogP contribution in [0.2, 0.25) is 0 Å². The minimum Gasteiger partial charge on any atom is -0.461 e. The summed E-state index contributed by atoms with van der Waals surface area (Å²) in [6.07, 6.45) is 0.710. The molecule has 0 amide bonds. The summed E-state index contributed by atoms with van der Waals surface area (Å²) in [5, 5.41) is 0. The maximum atomic E-state index is 11.7. The Labute approximate surface area is 101 Å². The second kappa shape index (κ2) is 6.23. The minimum absolute atomic E-state index is 0.00309. The van der Waals surface area contributed by atoms with E-state index in [4.69, 9.17) is 14.3 Å². The van der Waals surface area contributed by atoms with Crippen molar-refractivity contribution >= 4 is 5.97 Å². The van der Waals surface area contributed by atoms with Crippen molar-refractivity contribution in [1.29, 1.82) is 0 Å². The normalized spacial score (nSPS) is 19.7. The number of hydrogen-bond donors (Lipinski definition) is 0. The SMILES string of the molecule is [2H]c1c([2H])c([2H])c(C([2H])([2H])OC(=O)CC(C)CC)c([2H])c1[2H]. The van der Waals surface area contributed by atoms with Crippen LogP contribution in [0.1, 0.15) is 41.8 Å². The number of carbonyl (C=O) groups is 1. The molecular weight excluding hydrogens is 188 g/mol. The van der Waals surface area contributed by atoms with Gasteiger partial charge in [-0.2, -0.15) is 0 Å². The Kier molecular flexibility index (Phi) is 2.14. The smallest absolute Gasteiger partial charge is 0.306 e. The van der Waals surface area contributed by atoms with Crippen molar-refractivity contribution in [1.82, 2.24) is 0 Å². The van der Waals surface area contributed by atoms with Gasteiger partial charge in [-0.15, -0.1) is 0 Å². The lowest BCUT2D eigenvalue weighted by molar-refractivity contribution is -0.146. The van der Waals surface area contributed by atoms with Gasteiger partial charge in [-0.25, -0.2) is 0 Å². The van der Waals surface area contributed by atoms with E-state index >= 15 is 0 Å². The van der Waals surface area contributed by atoms with E-state index in [1.807, 2.05) is 6.92 Å². The van der Waals surface area contributed by atoms with Crippen LogP contribution in [0.3, 0.4) is 0 Å². The second-order valence-corrected chi connectivity index (χ2v) is 3.29. The highest BCUT2D eigenvalue weighted by Crippen LogP contribution is 2.09. The molecule has 0 fully saturated rings. The van der Waals surface area contributed by atoms with Gasteiger partial charge >= 0.3 is 5.97 Å². The number of hydrogen-bond acceptors (Lipinski definition) is 2. The second-order valence-electron chi connectivity index (χ2n) is 3.29. The largest absolute Gasteiger partial charge is 0.461 e. The molecular formula is C13H18O2. The molecule has 0 heterocycles. The van der Waals surface area contributed by atoms with Crippen LogP contribution in [0.4, 0.5) is 0 Å². The molecule has 0 aliphatic carbocycles. The lowest BCUT2D eigenvalue weighted by Gasteiger charge is -2.08. The van der Waals surface area contributed by atoms with Gasteiger partial charge in [0.05, 0.1) is 9.60 Å². The van der Waals surface area contributed by atoms with E-state index in [0.717, 1.165) is 0 Å². The predicted octanol–water partition coefficient (Wildman–Crippen LogP) is 3.17. The first-order chi connectivity index (χ1) is 10.0. The van der Waals surface area contributed by atoms with Gasteiger partial charge in [0.2, 0.25) is 0 Å². The third kappa shape index (κ3) is 4.63. The summed E-state index contributed by atoms with van der Waals surface area (Å²) in [4.78, 5) is 11.7. The fraction of sp³-hybridized carbons (Fsp3) is 0.462. The monoisotopic (exact) mass is 213 g/mol. The maximum absolute atomic E-state index is 11.7. The first-order valence-electron chi connectivity index (χ1n) is 8.32. The Hall–Kier alpha value is -1.31. The molecule has 0 N–H and O–H groups in total. The minimum atomic E-state index is -2.79. The van der Waals surface area contributed by atoms with Crippen LogP contribution in [0.25, 0.3) is 0 Å². The maximum Gasteiger partial charge on any atom is 0.306 e. The molecule has 1 unspecified atom stereocenters. The van der Waals surface area contributed by atoms with E-state index < -0.39 is 48.3 Å². The summed E-state index contributed by atoms with van der Waals surface area (Å²) in [6, 6.07) is -3.39. The van der Waals surface area contributed by atoms with Crippen LogP contribution in [0.5, 0.6) is 0 Å². The van der Waals surface area contributed by atoms with Crippen molar-refractivity contribution in [3.05, 3.63) is 35.8 Å². The van der Waals surface area contributed by atoms with Crippen LogP contribution in [0.15, 0.2) is 30.2 Å². The van der Waals surface area contributed by atoms with Crippen molar-refractivity contribution in [2.75, 3.05) is 0 Å². The summed E-state index contributed by atoms with van der Waals surface area (Å²) in [7, 11) is 0. The van der Waals surface area contributed by atoms with Gasteiger partial charge in [0.25, 0.3) is 0 Å². The highest BCUT2D eigenvalue weighted by Gasteiger charge is 2.08. The Morgan fingerprint density at radius 2 is 2.20 bits per heavy atom. The van der Waals surface area contributed by atoms with E-state index in [2.05, 4.69) is 0 Å². The zero-order chi connectivity index (χ0) is 17.2. The van der Waals surface area contributed by atoms with Gasteiger partial charge in [-0.1, -0.05) is 50.5 Å². The predicted molar refractivity (Wildman–Crippen MR) is 60.3 cm³/mol. The molecule has 82 valence electrons. The van der Waals surface area contributed by atoms with E-state index in [9.17, 15) is 4.79 Å². The molecule has 1 aromatic rings. The highest BCUT2D eigenvalue weighted by atomic mass is 16.5. The molecule has 0 saturated carbocycles. The first-order valence-corrected chi connectivity index (χ1v) is 4.82. The van der Waals surface area contributed by atoms with E-state index in [0.29, 0.717) is 6.42 Å². The highest BCUT2D eigenvalue weighted by molar-refractivity contribution is 5.69. The topological polar surface area (TPSA) is 26.3 Å². The Balaban J connectivity index is 3.21. The van der Waals surface area contributed by atoms with Crippen LogP contribution in [-0.2, 0) is 16.1 Å². The fourth-order valence-electron chi connectivity index (χ4n) is 0.880. The molecule has 0 aliphatic rings. The van der Waals surface area contributed by atoms with Gasteiger partial charge in [0, 0.05) is 6.42 Å². The average Bonchev–Trinajstić information content (AvgIpc) is 2.41. The van der Waals surface area contributed by atoms with Gasteiger partial charge in [-0.3, -0.25) is 4.79 Å². The molecule has 2 heteroatoms. The average molecular weight is 213 g/mol. The third-order valence-electron chi connectivity index (χ3n) is 1.98. The van der Waals surface area contributed by atoms with Gasteiger partial charge in [-0.05, 0) is 11.5 Å². The number of rotatable bonds is 5. The summed E-state index contributed by atoms with van der Waals surface area (Å²) in [5.74, 6) is -0.811. The zero-order valence-electron chi connectivity index (χ0n) is 15.8. The Morgan fingerprint density at radius 1 is 1.53 bits per heavy atom. The number of ether oxygens (including phenoxy) is 1. The molecule has 1 aromatic carbocycles. The standard InChI is InChI=1S/C13H18O2/c1-3-11(2)9-13(14)15-10-12-7-5-4-6-8-12/h4-8,11H,3,9-10H2,1-2H3/i4D,5D,6D,7D,8D,10D2. The molecule has 0 radical (unpaired) electrons. The van der Waals surface area contributed by atoms with Crippen molar-refractivity contribution in [2.45, 2.75) is 33.2 Å². The van der Waals surface area contributed by atoms with Crippen LogP contribution < -0.4 is 0 Å². The lowest BCUT2D eigenvalue weighted by atomic mass is 10.1. The van der Waals surface area contributed by atoms with Crippen molar-refractivity contribution < 1.29 is 19.1 Å². The first kappa shape index (κ1) is 5.15. The van der Waals surface area contributed by atoms with E-state index in [1.165, 1.54) is 0 Å². The summed E-state index contributed by atoms with van der Waals surface area (Å²) in [6.45, 7) is 0.890. The van der Waals surface area contributed by atoms with Crippen molar-refractivity contribution in [3.63, 3.8) is 0 Å². The van der Waals surface area contributed by atoms with Crippen molar-refractivity contribution in [2.24, 2.45) is 5.92 Å². The fourth-order valence-corrected chi connectivity index (χ4v) is 0.880. The third-order valence-corrected chi connectivity index (χ3v) is 1.98. The Bertz CT molecular complexity index is 557. The van der Waals surface area contributed by atoms with Gasteiger partial charge < -0.3 is 4.74 Å². The summed E-state index contributed by atoms with van der Waals surface area (Å²) in [5.41, 5.74) is -0.670. The summed E-state index contributed by atoms with van der Waals surface area (Å²) < 4.78 is 58.3. The lowest BCUT2D eigenvalue weighted by Crippen LogP contribution is -2.08.